The van der Waals surface area contributed by atoms with Crippen LogP contribution in [0.15, 0.2) is 58.2 Å². The van der Waals surface area contributed by atoms with E-state index in [2.05, 4.69) is 5.10 Å². The van der Waals surface area contributed by atoms with Crippen molar-refractivity contribution in [2.24, 2.45) is 0 Å². The third kappa shape index (κ3) is 3.63. The Morgan fingerprint density at radius 3 is 2.19 bits per heavy atom. The second-order valence-corrected chi connectivity index (χ2v) is 7.88. The highest BCUT2D eigenvalue weighted by Gasteiger charge is 2.15. The van der Waals surface area contributed by atoms with Gasteiger partial charge in [-0.3, -0.25) is 9.59 Å². The number of ketones is 1. The van der Waals surface area contributed by atoms with Crippen LogP contribution in [0.3, 0.4) is 0 Å². The standard InChI is InChI=1S/C18H14N2O6S/c1-27(25,26)12-8-6-11(7-9-12)15(21)10-20-17(22)14-5-3-2-4-13(14)16(19-20)18(23)24/h2-9H,10H2,1H3,(H,23,24)/p-1. The van der Waals surface area contributed by atoms with Crippen molar-refractivity contribution in [3.05, 3.63) is 70.1 Å². The van der Waals surface area contributed by atoms with Crippen molar-refractivity contribution in [1.82, 2.24) is 9.78 Å². The Labute approximate surface area is 153 Å². The van der Waals surface area contributed by atoms with Gasteiger partial charge in [-0.2, -0.15) is 5.10 Å². The molecule has 0 N–H and O–H groups in total. The summed E-state index contributed by atoms with van der Waals surface area (Å²) in [5, 5.41) is 15.3. The third-order valence-corrected chi connectivity index (χ3v) is 5.09. The van der Waals surface area contributed by atoms with Crippen LogP contribution in [0.25, 0.3) is 10.8 Å². The number of nitrogens with zero attached hydrogens (tertiary/aromatic N) is 2. The van der Waals surface area contributed by atoms with E-state index in [1.807, 2.05) is 0 Å². The molecule has 0 unspecified atom stereocenters. The van der Waals surface area contributed by atoms with Gasteiger partial charge in [-0.05, 0) is 18.2 Å². The molecule has 0 spiro atoms. The Morgan fingerprint density at radius 2 is 1.63 bits per heavy atom. The largest absolute Gasteiger partial charge is 0.543 e. The molecule has 0 fully saturated rings. The molecule has 1 aromatic heterocycles. The number of carboxylic acid groups (broad SMARTS) is 1. The first-order valence-corrected chi connectivity index (χ1v) is 9.62. The molecule has 8 nitrogen and oxygen atoms in total. The molecule has 2 aromatic carbocycles. The van der Waals surface area contributed by atoms with Crippen LogP contribution in [0, 0.1) is 0 Å². The molecule has 138 valence electrons. The van der Waals surface area contributed by atoms with Crippen LogP contribution in [-0.4, -0.2) is 36.2 Å². The molecule has 0 bridgehead atoms. The molecule has 0 aliphatic carbocycles. The zero-order chi connectivity index (χ0) is 19.8. The molecule has 0 aliphatic heterocycles. The van der Waals surface area contributed by atoms with Crippen molar-refractivity contribution in [3.63, 3.8) is 0 Å². The van der Waals surface area contributed by atoms with Gasteiger partial charge in [0.25, 0.3) is 5.56 Å². The first-order chi connectivity index (χ1) is 12.7. The zero-order valence-electron chi connectivity index (χ0n) is 14.1. The average molecular weight is 385 g/mol. The number of aromatic nitrogens is 2. The SMILES string of the molecule is CS(=O)(=O)c1ccc(C(=O)Cn2nc(C(=O)[O-])c3ccccc3c2=O)cc1. The van der Waals surface area contributed by atoms with Crippen LogP contribution in [0.4, 0.5) is 0 Å². The van der Waals surface area contributed by atoms with Gasteiger partial charge in [-0.1, -0.05) is 30.3 Å². The molecule has 0 aliphatic rings. The number of rotatable bonds is 5. The van der Waals surface area contributed by atoms with E-state index in [4.69, 9.17) is 0 Å². The predicted molar refractivity (Wildman–Crippen MR) is 94.2 cm³/mol. The summed E-state index contributed by atoms with van der Waals surface area (Å²) in [6.45, 7) is -0.498. The van der Waals surface area contributed by atoms with Crippen LogP contribution in [-0.2, 0) is 16.4 Å². The van der Waals surface area contributed by atoms with Gasteiger partial charge in [0.1, 0.15) is 12.2 Å². The van der Waals surface area contributed by atoms with E-state index in [9.17, 15) is 27.9 Å². The Morgan fingerprint density at radius 1 is 1.04 bits per heavy atom. The lowest BCUT2D eigenvalue weighted by atomic mass is 10.1. The topological polar surface area (TPSA) is 126 Å². The van der Waals surface area contributed by atoms with Crippen LogP contribution in [0.2, 0.25) is 0 Å². The molecular weight excluding hydrogens is 372 g/mol. The fraction of sp³-hybridized carbons (Fsp3) is 0.111. The fourth-order valence-electron chi connectivity index (χ4n) is 2.61. The van der Waals surface area contributed by atoms with Crippen LogP contribution < -0.4 is 10.7 Å². The number of carbonyl (C=O) groups excluding carboxylic acids is 2. The van der Waals surface area contributed by atoms with Crippen LogP contribution in [0.5, 0.6) is 0 Å². The minimum atomic E-state index is -3.40. The highest BCUT2D eigenvalue weighted by molar-refractivity contribution is 7.90. The minimum absolute atomic E-state index is 0.0549. The molecule has 0 radical (unpaired) electrons. The molecule has 9 heteroatoms. The number of benzene rings is 2. The monoisotopic (exact) mass is 385 g/mol. The maximum Gasteiger partial charge on any atom is 0.275 e. The number of carbonyl (C=O) groups is 2. The molecule has 27 heavy (non-hydrogen) atoms. The van der Waals surface area contributed by atoms with E-state index < -0.39 is 39.4 Å². The lowest BCUT2D eigenvalue weighted by Crippen LogP contribution is -2.32. The summed E-state index contributed by atoms with van der Waals surface area (Å²) >= 11 is 0. The van der Waals surface area contributed by atoms with Crippen molar-refractivity contribution >= 4 is 32.4 Å². The second kappa shape index (κ2) is 6.76. The van der Waals surface area contributed by atoms with Gasteiger partial charge in [0.05, 0.1) is 16.3 Å². The average Bonchev–Trinajstić information content (AvgIpc) is 2.63. The van der Waals surface area contributed by atoms with Crippen molar-refractivity contribution in [2.75, 3.05) is 6.26 Å². The summed E-state index contributed by atoms with van der Waals surface area (Å²) < 4.78 is 23.7. The number of hydrogen-bond donors (Lipinski definition) is 0. The number of sulfone groups is 1. The molecule has 0 atom stereocenters. The molecular formula is C18H13N2O6S-. The molecule has 3 aromatic rings. The smallest absolute Gasteiger partial charge is 0.275 e. The van der Waals surface area contributed by atoms with Gasteiger partial charge < -0.3 is 9.90 Å². The maximum atomic E-state index is 12.5. The highest BCUT2D eigenvalue weighted by Crippen LogP contribution is 2.14. The molecule has 0 saturated heterocycles. The predicted octanol–water partition coefficient (Wildman–Crippen LogP) is 0.0464. The summed E-state index contributed by atoms with van der Waals surface area (Å²) in [4.78, 5) is 36.3. The summed E-state index contributed by atoms with van der Waals surface area (Å²) in [6.07, 6.45) is 1.05. The Hall–Kier alpha value is -3.33. The zero-order valence-corrected chi connectivity index (χ0v) is 14.9. The normalized spacial score (nSPS) is 11.4. The Bertz CT molecular complexity index is 1230. The number of aromatic carboxylic acids is 1. The number of hydrogen-bond acceptors (Lipinski definition) is 7. The van der Waals surface area contributed by atoms with E-state index in [0.29, 0.717) is 0 Å². The highest BCUT2D eigenvalue weighted by atomic mass is 32.2. The summed E-state index contributed by atoms with van der Waals surface area (Å²) in [7, 11) is -3.40. The number of Topliss-reactive ketones (excluding diaryl/α,β-unsaturated/α-hetero) is 1. The summed E-state index contributed by atoms with van der Waals surface area (Å²) in [6, 6.07) is 11.2. The molecule has 0 amide bonds. The van der Waals surface area contributed by atoms with Gasteiger partial charge in [-0.25, -0.2) is 13.1 Å². The molecule has 1 heterocycles. The van der Waals surface area contributed by atoms with Crippen LogP contribution in [0.1, 0.15) is 20.8 Å². The maximum absolute atomic E-state index is 12.5. The molecule has 0 saturated carbocycles. The molecule has 3 rings (SSSR count). The third-order valence-electron chi connectivity index (χ3n) is 3.96. The van der Waals surface area contributed by atoms with Crippen molar-refractivity contribution < 1.29 is 23.1 Å². The number of fused-ring (bicyclic) bond motifs is 1. The second-order valence-electron chi connectivity index (χ2n) is 5.86. The van der Waals surface area contributed by atoms with Gasteiger partial charge in [0, 0.05) is 17.2 Å². The van der Waals surface area contributed by atoms with E-state index in [1.165, 1.54) is 36.4 Å². The lowest BCUT2D eigenvalue weighted by Gasteiger charge is -2.11. The van der Waals surface area contributed by atoms with Crippen molar-refractivity contribution in [1.29, 1.82) is 0 Å². The van der Waals surface area contributed by atoms with Crippen molar-refractivity contribution in [2.45, 2.75) is 11.4 Å². The van der Waals surface area contributed by atoms with E-state index in [-0.39, 0.29) is 21.2 Å². The Balaban J connectivity index is 2.01. The van der Waals surface area contributed by atoms with Crippen LogP contribution >= 0.6 is 0 Å². The number of carboxylic acids is 1. The fourth-order valence-corrected chi connectivity index (χ4v) is 3.24. The quantitative estimate of drug-likeness (QED) is 0.568. The summed E-state index contributed by atoms with van der Waals surface area (Å²) in [5.74, 6) is -2.09. The van der Waals surface area contributed by atoms with Gasteiger partial charge in [-0.15, -0.1) is 0 Å². The van der Waals surface area contributed by atoms with Crippen molar-refractivity contribution in [3.8, 4) is 0 Å². The van der Waals surface area contributed by atoms with E-state index >= 15 is 0 Å². The van der Waals surface area contributed by atoms with E-state index in [0.717, 1.165) is 10.9 Å². The first kappa shape index (κ1) is 18.5. The van der Waals surface area contributed by atoms with Gasteiger partial charge in [0.2, 0.25) is 0 Å². The first-order valence-electron chi connectivity index (χ1n) is 7.73. The van der Waals surface area contributed by atoms with Gasteiger partial charge >= 0.3 is 0 Å². The summed E-state index contributed by atoms with van der Waals surface area (Å²) in [5.41, 5.74) is -0.888. The van der Waals surface area contributed by atoms with E-state index in [1.54, 1.807) is 12.1 Å². The Kier molecular flexibility index (Phi) is 4.63. The lowest BCUT2D eigenvalue weighted by molar-refractivity contribution is -0.255. The van der Waals surface area contributed by atoms with Gasteiger partial charge in [0.15, 0.2) is 15.6 Å². The minimum Gasteiger partial charge on any atom is -0.543 e.